The summed E-state index contributed by atoms with van der Waals surface area (Å²) in [5.41, 5.74) is 0. The van der Waals surface area contributed by atoms with Crippen molar-refractivity contribution >= 4 is 32.6 Å². The van der Waals surface area contributed by atoms with Crippen molar-refractivity contribution in [2.45, 2.75) is 45.5 Å². The summed E-state index contributed by atoms with van der Waals surface area (Å²) in [4.78, 5) is 12.2. The molecule has 0 rings (SSSR count). The van der Waals surface area contributed by atoms with Gasteiger partial charge in [0, 0.05) is 0 Å². The summed E-state index contributed by atoms with van der Waals surface area (Å²) in [6.45, 7) is 11.1. The first-order valence-electron chi connectivity index (χ1n) is 4.71. The van der Waals surface area contributed by atoms with Crippen molar-refractivity contribution < 1.29 is 18.0 Å². The Morgan fingerprint density at radius 1 is 1.06 bits per heavy atom. The van der Waals surface area contributed by atoms with Crippen molar-refractivity contribution in [3.05, 3.63) is 0 Å². The van der Waals surface area contributed by atoms with E-state index in [1.54, 1.807) is 19.6 Å². The normalized spacial score (nSPS) is 12.6. The van der Waals surface area contributed by atoms with Crippen LogP contribution in [0.1, 0.15) is 0 Å². The topological polar surface area (TPSA) is 29.1 Å². The van der Waals surface area contributed by atoms with E-state index in [1.165, 1.54) is 0 Å². The lowest BCUT2D eigenvalue weighted by atomic mass is 10.6. The lowest BCUT2D eigenvalue weighted by molar-refractivity contribution is -0.171. The molecule has 0 heterocycles. The van der Waals surface area contributed by atoms with E-state index in [1.807, 2.05) is 4.98 Å². The summed E-state index contributed by atoms with van der Waals surface area (Å²) < 4.78 is 34.8. The second-order valence-electron chi connectivity index (χ2n) is 5.27. The van der Waals surface area contributed by atoms with Gasteiger partial charge in [0.15, 0.2) is 0 Å². The van der Waals surface area contributed by atoms with Gasteiger partial charge in [-0.2, -0.15) is 24.3 Å². The molecule has 0 unspecified atom stereocenters. The number of hydrogen-bond acceptors (Lipinski definition) is 1. The molecule has 8 heteroatoms. The van der Waals surface area contributed by atoms with Crippen LogP contribution < -0.4 is 4.98 Å². The van der Waals surface area contributed by atoms with Gasteiger partial charge < -0.3 is 4.98 Å². The molecule has 0 aromatic carbocycles. The second-order valence-corrected chi connectivity index (χ2v) is 17.6. The quantitative estimate of drug-likeness (QED) is 0.581. The minimum absolute atomic E-state index is 1.14. The second kappa shape index (κ2) is 6.06. The molecular formula is C8H19ClF3NOSi2. The van der Waals surface area contributed by atoms with Crippen LogP contribution in [-0.2, 0) is 4.79 Å². The van der Waals surface area contributed by atoms with Crippen molar-refractivity contribution in [1.29, 1.82) is 0 Å². The maximum atomic E-state index is 11.6. The predicted molar refractivity (Wildman–Crippen MR) is 66.7 cm³/mol. The molecule has 1 N–H and O–H groups in total. The molecule has 1 amide bonds. The van der Waals surface area contributed by atoms with E-state index >= 15 is 0 Å². The maximum Gasteiger partial charge on any atom is 0.470 e. The van der Waals surface area contributed by atoms with Crippen LogP contribution in [0.4, 0.5) is 13.2 Å². The van der Waals surface area contributed by atoms with Crippen LogP contribution in [-0.4, -0.2) is 27.7 Å². The van der Waals surface area contributed by atoms with Crippen LogP contribution in [0.15, 0.2) is 0 Å². The fourth-order valence-electron chi connectivity index (χ4n) is 0.411. The van der Waals surface area contributed by atoms with Crippen LogP contribution in [0.5, 0.6) is 0 Å². The number of halogens is 4. The molecule has 0 atom stereocenters. The molecule has 16 heavy (non-hydrogen) atoms. The predicted octanol–water partition coefficient (Wildman–Crippen LogP) is 3.56. The van der Waals surface area contributed by atoms with Gasteiger partial charge in [0.25, 0.3) is 0 Å². The minimum atomic E-state index is -4.75. The van der Waals surface area contributed by atoms with E-state index in [2.05, 4.69) is 19.6 Å². The molecule has 0 fully saturated rings. The molecule has 0 bridgehead atoms. The molecule has 0 spiro atoms. The number of carbonyl (C=O) groups excluding carboxylic acids is 1. The Labute approximate surface area is 101 Å². The molecule has 98 valence electrons. The van der Waals surface area contributed by atoms with Gasteiger partial charge in [-0.25, -0.2) is 0 Å². The molecule has 0 saturated heterocycles. The zero-order chi connectivity index (χ0) is 13.8. The third-order valence-electron chi connectivity index (χ3n) is 0.746. The first-order valence-corrected chi connectivity index (χ1v) is 12.7. The highest BCUT2D eigenvalue weighted by atomic mass is 35.6. The highest BCUT2D eigenvalue weighted by molar-refractivity contribution is 7.18. The van der Waals surface area contributed by atoms with E-state index in [9.17, 15) is 18.0 Å². The Hall–Kier alpha value is -0.0162. The third-order valence-corrected chi connectivity index (χ3v) is 1.72. The number of hydrogen-bond donors (Lipinski definition) is 1. The zero-order valence-electron chi connectivity index (χ0n) is 10.4. The first kappa shape index (κ1) is 18.4. The van der Waals surface area contributed by atoms with Gasteiger partial charge in [0.05, 0.1) is 0 Å². The van der Waals surface area contributed by atoms with Crippen LogP contribution in [0.2, 0.25) is 39.3 Å². The Morgan fingerprint density at radius 3 is 1.38 bits per heavy atom. The first-order chi connectivity index (χ1) is 6.63. The largest absolute Gasteiger partial charge is 0.470 e. The van der Waals surface area contributed by atoms with Crippen LogP contribution in [0.25, 0.3) is 0 Å². The lowest BCUT2D eigenvalue weighted by Crippen LogP contribution is -2.50. The SMILES string of the molecule is C[Si](C)(C)Cl.C[Si](C)(C)NC(=O)C(F)(F)F. The summed E-state index contributed by atoms with van der Waals surface area (Å²) in [5.74, 6) is -1.84. The Balaban J connectivity index is 0. The molecule has 0 aromatic rings. The minimum Gasteiger partial charge on any atom is -0.375 e. The molecular weight excluding hydrogens is 275 g/mol. The number of rotatable bonds is 1. The molecule has 0 aliphatic rings. The van der Waals surface area contributed by atoms with Gasteiger partial charge in [-0.3, -0.25) is 4.79 Å². The van der Waals surface area contributed by atoms with Crippen molar-refractivity contribution in [2.24, 2.45) is 0 Å². The van der Waals surface area contributed by atoms with Crippen LogP contribution in [0.3, 0.4) is 0 Å². The fraction of sp³-hybridized carbons (Fsp3) is 0.875. The summed E-state index contributed by atoms with van der Waals surface area (Å²) >= 11 is 5.67. The van der Waals surface area contributed by atoms with Gasteiger partial charge >= 0.3 is 12.1 Å². The van der Waals surface area contributed by atoms with Gasteiger partial charge in [0.1, 0.15) is 15.6 Å². The molecule has 0 radical (unpaired) electrons. The van der Waals surface area contributed by atoms with E-state index in [4.69, 9.17) is 11.1 Å². The number of amides is 1. The summed E-state index contributed by atoms with van der Waals surface area (Å²) in [5, 5.41) is 0. The average molecular weight is 294 g/mol. The van der Waals surface area contributed by atoms with Gasteiger partial charge in [0.2, 0.25) is 0 Å². The van der Waals surface area contributed by atoms with Crippen molar-refractivity contribution in [2.75, 3.05) is 0 Å². The van der Waals surface area contributed by atoms with Crippen LogP contribution in [0, 0.1) is 0 Å². The number of nitrogens with one attached hydrogen (secondary N) is 1. The molecule has 0 aromatic heterocycles. The molecule has 2 nitrogen and oxygen atoms in total. The van der Waals surface area contributed by atoms with E-state index < -0.39 is 27.7 Å². The highest BCUT2D eigenvalue weighted by Crippen LogP contribution is 2.15. The Morgan fingerprint density at radius 2 is 1.31 bits per heavy atom. The smallest absolute Gasteiger partial charge is 0.375 e. The van der Waals surface area contributed by atoms with Crippen LogP contribution >= 0.6 is 11.1 Å². The Kier molecular flexibility index (Phi) is 6.95. The monoisotopic (exact) mass is 293 g/mol. The molecule has 0 saturated carbocycles. The summed E-state index contributed by atoms with van der Waals surface area (Å²) in [6, 6.07) is 0. The number of alkyl halides is 3. The van der Waals surface area contributed by atoms with E-state index in [0.717, 1.165) is 0 Å². The number of carbonyl (C=O) groups is 1. The van der Waals surface area contributed by atoms with Gasteiger partial charge in [-0.05, 0) is 0 Å². The Bertz CT molecular complexity index is 227. The van der Waals surface area contributed by atoms with E-state index in [-0.39, 0.29) is 0 Å². The van der Waals surface area contributed by atoms with Gasteiger partial charge in [-0.15, -0.1) is 0 Å². The summed E-state index contributed by atoms with van der Waals surface area (Å²) in [6.07, 6.45) is -4.75. The lowest BCUT2D eigenvalue weighted by Gasteiger charge is -2.18. The standard InChI is InChI=1S/C5H10F3NOSi.C3H9ClSi/c1-11(2,3)9-4(10)5(6,7)8;1-5(2,3)4/h1-3H3,(H,9,10);1-3H3. The van der Waals surface area contributed by atoms with Crippen molar-refractivity contribution in [3.63, 3.8) is 0 Å². The third kappa shape index (κ3) is 19.5. The van der Waals surface area contributed by atoms with E-state index in [0.29, 0.717) is 0 Å². The van der Waals surface area contributed by atoms with Crippen molar-refractivity contribution in [1.82, 2.24) is 4.98 Å². The van der Waals surface area contributed by atoms with Gasteiger partial charge in [-0.1, -0.05) is 39.3 Å². The van der Waals surface area contributed by atoms with Crippen molar-refractivity contribution in [3.8, 4) is 0 Å². The molecule has 0 aliphatic heterocycles. The maximum absolute atomic E-state index is 11.6. The summed E-state index contributed by atoms with van der Waals surface area (Å²) in [7, 11) is -3.29. The molecule has 0 aliphatic carbocycles. The zero-order valence-corrected chi connectivity index (χ0v) is 13.2. The highest BCUT2D eigenvalue weighted by Gasteiger charge is 2.40. The average Bonchev–Trinajstić information content (AvgIpc) is 1.75. The fourth-order valence-corrected chi connectivity index (χ4v) is 1.23.